The number of rotatable bonds is 4. The number of aromatic nitrogens is 1. The van der Waals surface area contributed by atoms with Gasteiger partial charge in [0.15, 0.2) is 0 Å². The summed E-state index contributed by atoms with van der Waals surface area (Å²) < 4.78 is 0. The molecule has 1 heterocycles. The van der Waals surface area contributed by atoms with Crippen molar-refractivity contribution in [2.45, 2.75) is 6.04 Å². The van der Waals surface area contributed by atoms with Gasteiger partial charge in [-0.1, -0.05) is 54.1 Å². The third-order valence-corrected chi connectivity index (χ3v) is 3.49. The summed E-state index contributed by atoms with van der Waals surface area (Å²) in [7, 11) is 0. The standard InChI is InChI=1S/C18H15ClN2/c19-15-9-6-10-16(13-15)21-18(14-7-2-1-3-8-14)17-11-4-5-12-20-17/h1-13,18,21H. The maximum absolute atomic E-state index is 6.06. The Morgan fingerprint density at radius 2 is 1.67 bits per heavy atom. The predicted molar refractivity (Wildman–Crippen MR) is 87.6 cm³/mol. The summed E-state index contributed by atoms with van der Waals surface area (Å²) in [4.78, 5) is 4.48. The lowest BCUT2D eigenvalue weighted by Gasteiger charge is -2.20. The average molecular weight is 295 g/mol. The van der Waals surface area contributed by atoms with Crippen LogP contribution in [0.2, 0.25) is 5.02 Å². The van der Waals surface area contributed by atoms with Crippen LogP contribution in [0.15, 0.2) is 79.0 Å². The molecule has 0 radical (unpaired) electrons. The fourth-order valence-electron chi connectivity index (χ4n) is 2.27. The van der Waals surface area contributed by atoms with Crippen molar-refractivity contribution in [2.75, 3.05) is 5.32 Å². The van der Waals surface area contributed by atoms with Gasteiger partial charge in [-0.2, -0.15) is 0 Å². The molecular formula is C18H15ClN2. The van der Waals surface area contributed by atoms with Crippen LogP contribution in [0.25, 0.3) is 0 Å². The number of nitrogens with one attached hydrogen (secondary N) is 1. The third-order valence-electron chi connectivity index (χ3n) is 3.25. The summed E-state index contributed by atoms with van der Waals surface area (Å²) in [6.07, 6.45) is 1.81. The lowest BCUT2D eigenvalue weighted by atomic mass is 10.0. The largest absolute Gasteiger partial charge is 0.373 e. The predicted octanol–water partition coefficient (Wildman–Crippen LogP) is 4.94. The van der Waals surface area contributed by atoms with Crippen LogP contribution < -0.4 is 5.32 Å². The van der Waals surface area contributed by atoms with E-state index < -0.39 is 0 Å². The molecule has 0 aliphatic rings. The van der Waals surface area contributed by atoms with Crippen LogP contribution in [0.3, 0.4) is 0 Å². The second kappa shape index (κ2) is 6.42. The van der Waals surface area contributed by atoms with Gasteiger partial charge in [-0.3, -0.25) is 4.98 Å². The zero-order valence-corrected chi connectivity index (χ0v) is 12.2. The molecule has 3 aromatic rings. The van der Waals surface area contributed by atoms with Crippen LogP contribution >= 0.6 is 11.6 Å². The molecule has 1 aromatic heterocycles. The Balaban J connectivity index is 1.97. The molecule has 0 spiro atoms. The van der Waals surface area contributed by atoms with Gasteiger partial charge < -0.3 is 5.32 Å². The molecule has 1 unspecified atom stereocenters. The average Bonchev–Trinajstić information content (AvgIpc) is 2.54. The minimum Gasteiger partial charge on any atom is -0.373 e. The van der Waals surface area contributed by atoms with E-state index in [1.54, 1.807) is 0 Å². The molecule has 1 N–H and O–H groups in total. The van der Waals surface area contributed by atoms with Crippen molar-refractivity contribution in [1.82, 2.24) is 4.98 Å². The van der Waals surface area contributed by atoms with Gasteiger partial charge in [0.05, 0.1) is 11.7 Å². The molecule has 0 aliphatic heterocycles. The summed E-state index contributed by atoms with van der Waals surface area (Å²) in [6, 6.07) is 23.9. The summed E-state index contributed by atoms with van der Waals surface area (Å²) in [5.41, 5.74) is 3.11. The van der Waals surface area contributed by atoms with E-state index in [1.807, 2.05) is 66.9 Å². The Bertz CT molecular complexity index is 659. The van der Waals surface area contributed by atoms with Crippen molar-refractivity contribution in [3.63, 3.8) is 0 Å². The zero-order valence-electron chi connectivity index (χ0n) is 11.4. The zero-order chi connectivity index (χ0) is 14.5. The number of pyridine rings is 1. The molecule has 0 bridgehead atoms. The molecule has 21 heavy (non-hydrogen) atoms. The maximum Gasteiger partial charge on any atom is 0.0940 e. The van der Waals surface area contributed by atoms with Crippen LogP contribution in [0, 0.1) is 0 Å². The number of nitrogens with zero attached hydrogens (tertiary/aromatic N) is 1. The van der Waals surface area contributed by atoms with Crippen LogP contribution in [0.1, 0.15) is 17.3 Å². The molecule has 2 nitrogen and oxygen atoms in total. The molecule has 2 aromatic carbocycles. The summed E-state index contributed by atoms with van der Waals surface area (Å²) in [5.74, 6) is 0. The lowest BCUT2D eigenvalue weighted by Crippen LogP contribution is -2.13. The van der Waals surface area contributed by atoms with Gasteiger partial charge in [0.1, 0.15) is 0 Å². The highest BCUT2D eigenvalue weighted by molar-refractivity contribution is 6.30. The Morgan fingerprint density at radius 3 is 2.38 bits per heavy atom. The second-order valence-corrected chi connectivity index (χ2v) is 5.19. The second-order valence-electron chi connectivity index (χ2n) is 4.75. The number of hydrogen-bond donors (Lipinski definition) is 1. The minimum atomic E-state index is -0.00846. The molecule has 0 aliphatic carbocycles. The van der Waals surface area contributed by atoms with Gasteiger partial charge >= 0.3 is 0 Å². The van der Waals surface area contributed by atoms with Crippen molar-refractivity contribution in [2.24, 2.45) is 0 Å². The van der Waals surface area contributed by atoms with Gasteiger partial charge in [-0.25, -0.2) is 0 Å². The normalized spacial score (nSPS) is 11.9. The van der Waals surface area contributed by atoms with Gasteiger partial charge in [-0.05, 0) is 35.9 Å². The van der Waals surface area contributed by atoms with E-state index in [0.717, 1.165) is 16.9 Å². The fraction of sp³-hybridized carbons (Fsp3) is 0.0556. The molecule has 0 saturated carbocycles. The smallest absolute Gasteiger partial charge is 0.0940 e. The van der Waals surface area contributed by atoms with Crippen LogP contribution in [0.5, 0.6) is 0 Å². The third kappa shape index (κ3) is 3.41. The number of anilines is 1. The topological polar surface area (TPSA) is 24.9 Å². The summed E-state index contributed by atoms with van der Waals surface area (Å²) in [5, 5.41) is 4.22. The first kappa shape index (κ1) is 13.7. The van der Waals surface area contributed by atoms with Gasteiger partial charge in [0.2, 0.25) is 0 Å². The lowest BCUT2D eigenvalue weighted by molar-refractivity contribution is 0.887. The molecule has 0 fully saturated rings. The molecule has 3 rings (SSSR count). The highest BCUT2D eigenvalue weighted by Crippen LogP contribution is 2.26. The Kier molecular flexibility index (Phi) is 4.17. The Hall–Kier alpha value is -2.32. The molecule has 0 amide bonds. The quantitative estimate of drug-likeness (QED) is 0.737. The van der Waals surface area contributed by atoms with E-state index >= 15 is 0 Å². The van der Waals surface area contributed by atoms with Crippen molar-refractivity contribution >= 4 is 17.3 Å². The maximum atomic E-state index is 6.06. The van der Waals surface area contributed by atoms with Crippen molar-refractivity contribution in [1.29, 1.82) is 0 Å². The molecule has 104 valence electrons. The van der Waals surface area contributed by atoms with Crippen LogP contribution in [-0.4, -0.2) is 4.98 Å². The number of halogens is 1. The van der Waals surface area contributed by atoms with E-state index in [2.05, 4.69) is 22.4 Å². The molecular weight excluding hydrogens is 280 g/mol. The SMILES string of the molecule is Clc1cccc(NC(c2ccccc2)c2ccccn2)c1. The van der Waals surface area contributed by atoms with E-state index in [9.17, 15) is 0 Å². The van der Waals surface area contributed by atoms with Crippen molar-refractivity contribution < 1.29 is 0 Å². The van der Waals surface area contributed by atoms with E-state index in [4.69, 9.17) is 11.6 Å². The van der Waals surface area contributed by atoms with E-state index in [-0.39, 0.29) is 6.04 Å². The van der Waals surface area contributed by atoms with E-state index in [0.29, 0.717) is 5.02 Å². The highest BCUT2D eigenvalue weighted by atomic mass is 35.5. The first-order chi connectivity index (χ1) is 10.3. The highest BCUT2D eigenvalue weighted by Gasteiger charge is 2.14. The van der Waals surface area contributed by atoms with Crippen LogP contribution in [-0.2, 0) is 0 Å². The number of hydrogen-bond acceptors (Lipinski definition) is 2. The number of benzene rings is 2. The Morgan fingerprint density at radius 1 is 0.857 bits per heavy atom. The molecule has 1 atom stereocenters. The van der Waals surface area contributed by atoms with Gasteiger partial charge in [-0.15, -0.1) is 0 Å². The van der Waals surface area contributed by atoms with E-state index in [1.165, 1.54) is 0 Å². The minimum absolute atomic E-state index is 0.00846. The first-order valence-corrected chi connectivity index (χ1v) is 7.19. The van der Waals surface area contributed by atoms with Crippen molar-refractivity contribution in [3.8, 4) is 0 Å². The van der Waals surface area contributed by atoms with Crippen molar-refractivity contribution in [3.05, 3.63) is 95.3 Å². The van der Waals surface area contributed by atoms with Crippen LogP contribution in [0.4, 0.5) is 5.69 Å². The molecule has 3 heteroatoms. The fourth-order valence-corrected chi connectivity index (χ4v) is 2.46. The molecule has 0 saturated heterocycles. The summed E-state index contributed by atoms with van der Waals surface area (Å²) in [6.45, 7) is 0. The Labute approximate surface area is 129 Å². The summed E-state index contributed by atoms with van der Waals surface area (Å²) >= 11 is 6.06. The van der Waals surface area contributed by atoms with Gasteiger partial charge in [0.25, 0.3) is 0 Å². The monoisotopic (exact) mass is 294 g/mol. The first-order valence-electron chi connectivity index (χ1n) is 6.81. The van der Waals surface area contributed by atoms with Gasteiger partial charge in [0, 0.05) is 16.9 Å².